The molecule has 1 heterocycles. The number of nitrogens with one attached hydrogen (secondary N) is 1. The van der Waals surface area contributed by atoms with E-state index in [1.165, 1.54) is 12.8 Å². The maximum Gasteiger partial charge on any atom is 0.240 e. The number of carbonyl (C=O) groups is 1. The van der Waals surface area contributed by atoms with Crippen molar-refractivity contribution in [1.29, 1.82) is 0 Å². The average molecular weight is 238 g/mol. The summed E-state index contributed by atoms with van der Waals surface area (Å²) in [4.78, 5) is 14.1. The first-order valence-electron chi connectivity index (χ1n) is 6.94. The fraction of sp³-hybridized carbons (Fsp3) is 0.929. The molecular formula is C14H26N2O. The Morgan fingerprint density at radius 2 is 2.00 bits per heavy atom. The van der Waals surface area contributed by atoms with Crippen molar-refractivity contribution < 1.29 is 4.79 Å². The summed E-state index contributed by atoms with van der Waals surface area (Å²) in [5.41, 5.74) is -0.0810. The normalized spacial score (nSPS) is 42.8. The minimum atomic E-state index is -0.0810. The van der Waals surface area contributed by atoms with Crippen molar-refractivity contribution in [3.05, 3.63) is 0 Å². The molecule has 2 rings (SSSR count). The van der Waals surface area contributed by atoms with E-state index in [2.05, 4.69) is 26.1 Å². The molecule has 3 heteroatoms. The topological polar surface area (TPSA) is 32.3 Å². The summed E-state index contributed by atoms with van der Waals surface area (Å²) in [5, 5.41) is 3.61. The highest BCUT2D eigenvalue weighted by Gasteiger charge is 2.54. The Morgan fingerprint density at radius 3 is 2.47 bits per heavy atom. The zero-order chi connectivity index (χ0) is 12.8. The van der Waals surface area contributed by atoms with Gasteiger partial charge in [0.15, 0.2) is 0 Å². The fourth-order valence-electron chi connectivity index (χ4n) is 3.94. The molecular weight excluding hydrogens is 212 g/mol. The van der Waals surface area contributed by atoms with E-state index in [1.54, 1.807) is 0 Å². The predicted octanol–water partition coefficient (Wildman–Crippen LogP) is 2.23. The molecule has 0 aromatic heterocycles. The zero-order valence-corrected chi connectivity index (χ0v) is 11.8. The van der Waals surface area contributed by atoms with Gasteiger partial charge in [0, 0.05) is 7.05 Å². The number of amides is 1. The molecule has 1 spiro atoms. The summed E-state index contributed by atoms with van der Waals surface area (Å²) in [6.45, 7) is 8.86. The second kappa shape index (κ2) is 4.27. The van der Waals surface area contributed by atoms with Crippen LogP contribution >= 0.6 is 0 Å². The van der Waals surface area contributed by atoms with Crippen LogP contribution in [0.4, 0.5) is 0 Å². The second-order valence-electron chi connectivity index (χ2n) is 6.42. The van der Waals surface area contributed by atoms with E-state index in [0.29, 0.717) is 17.8 Å². The number of hydrogen-bond donors (Lipinski definition) is 1. The van der Waals surface area contributed by atoms with Crippen molar-refractivity contribution in [2.24, 2.45) is 17.8 Å². The molecule has 1 saturated heterocycles. The van der Waals surface area contributed by atoms with Gasteiger partial charge in [-0.1, -0.05) is 27.2 Å². The van der Waals surface area contributed by atoms with Crippen LogP contribution in [0.25, 0.3) is 0 Å². The lowest BCUT2D eigenvalue weighted by molar-refractivity contribution is -0.133. The van der Waals surface area contributed by atoms with E-state index in [-0.39, 0.29) is 17.6 Å². The SMILES string of the molecule is CC1CCC(C(C)C)C2(C1)NC(C)C(=O)N2C. The van der Waals surface area contributed by atoms with Gasteiger partial charge in [-0.2, -0.15) is 0 Å². The first-order valence-corrected chi connectivity index (χ1v) is 6.94. The van der Waals surface area contributed by atoms with Crippen LogP contribution in [-0.4, -0.2) is 29.6 Å². The highest BCUT2D eigenvalue weighted by Crippen LogP contribution is 2.45. The lowest BCUT2D eigenvalue weighted by atomic mass is 9.69. The van der Waals surface area contributed by atoms with Crippen LogP contribution < -0.4 is 5.32 Å². The lowest BCUT2D eigenvalue weighted by Gasteiger charge is -2.49. The van der Waals surface area contributed by atoms with Crippen LogP contribution in [0.15, 0.2) is 0 Å². The zero-order valence-electron chi connectivity index (χ0n) is 11.8. The summed E-state index contributed by atoms with van der Waals surface area (Å²) in [6, 6.07) is -0.0217. The molecule has 0 aromatic rings. The quantitative estimate of drug-likeness (QED) is 0.760. The van der Waals surface area contributed by atoms with Gasteiger partial charge >= 0.3 is 0 Å². The summed E-state index contributed by atoms with van der Waals surface area (Å²) in [6.07, 6.45) is 3.63. The van der Waals surface area contributed by atoms with Gasteiger partial charge < -0.3 is 4.90 Å². The third-order valence-corrected chi connectivity index (χ3v) is 4.81. The largest absolute Gasteiger partial charge is 0.326 e. The van der Waals surface area contributed by atoms with Gasteiger partial charge in [-0.15, -0.1) is 0 Å². The Hall–Kier alpha value is -0.570. The molecule has 0 radical (unpaired) electrons. The Labute approximate surface area is 105 Å². The van der Waals surface area contributed by atoms with Crippen LogP contribution in [0.1, 0.15) is 47.0 Å². The predicted molar refractivity (Wildman–Crippen MR) is 69.4 cm³/mol. The molecule has 17 heavy (non-hydrogen) atoms. The molecule has 2 aliphatic rings. The Balaban J connectivity index is 2.33. The number of nitrogens with zero attached hydrogens (tertiary/aromatic N) is 1. The fourth-order valence-corrected chi connectivity index (χ4v) is 3.94. The summed E-state index contributed by atoms with van der Waals surface area (Å²) in [5.74, 6) is 2.16. The Bertz CT molecular complexity index is 315. The third-order valence-electron chi connectivity index (χ3n) is 4.81. The summed E-state index contributed by atoms with van der Waals surface area (Å²) < 4.78 is 0. The van der Waals surface area contributed by atoms with E-state index in [4.69, 9.17) is 0 Å². The number of hydrogen-bond acceptors (Lipinski definition) is 2. The van der Waals surface area contributed by atoms with Crippen molar-refractivity contribution in [2.45, 2.75) is 58.7 Å². The first-order chi connectivity index (χ1) is 7.88. The number of rotatable bonds is 1. The minimum Gasteiger partial charge on any atom is -0.326 e. The Morgan fingerprint density at radius 1 is 1.35 bits per heavy atom. The molecule has 4 atom stereocenters. The van der Waals surface area contributed by atoms with Crippen molar-refractivity contribution in [2.75, 3.05) is 7.05 Å². The molecule has 2 fully saturated rings. The molecule has 1 amide bonds. The van der Waals surface area contributed by atoms with Gasteiger partial charge in [-0.3, -0.25) is 10.1 Å². The highest BCUT2D eigenvalue weighted by molar-refractivity contribution is 5.84. The molecule has 0 aromatic carbocycles. The van der Waals surface area contributed by atoms with Crippen LogP contribution in [0.2, 0.25) is 0 Å². The molecule has 1 aliphatic carbocycles. The number of carbonyl (C=O) groups excluding carboxylic acids is 1. The maximum atomic E-state index is 12.1. The highest BCUT2D eigenvalue weighted by atomic mass is 16.2. The van der Waals surface area contributed by atoms with Gasteiger partial charge in [-0.25, -0.2) is 0 Å². The first kappa shape index (κ1) is 12.9. The van der Waals surface area contributed by atoms with E-state index in [1.807, 2.05) is 18.9 Å². The van der Waals surface area contributed by atoms with Gasteiger partial charge in [0.25, 0.3) is 0 Å². The molecule has 3 nitrogen and oxygen atoms in total. The van der Waals surface area contributed by atoms with E-state index >= 15 is 0 Å². The van der Waals surface area contributed by atoms with Crippen molar-refractivity contribution in [1.82, 2.24) is 10.2 Å². The van der Waals surface area contributed by atoms with Gasteiger partial charge in [0.2, 0.25) is 5.91 Å². The third kappa shape index (κ3) is 1.88. The van der Waals surface area contributed by atoms with Crippen LogP contribution in [-0.2, 0) is 4.79 Å². The average Bonchev–Trinajstić information content (AvgIpc) is 2.43. The Kier molecular flexibility index (Phi) is 3.23. The maximum absolute atomic E-state index is 12.1. The molecule has 0 bridgehead atoms. The van der Waals surface area contributed by atoms with E-state index < -0.39 is 0 Å². The molecule has 1 N–H and O–H groups in total. The lowest BCUT2D eigenvalue weighted by Crippen LogP contribution is -2.60. The monoisotopic (exact) mass is 238 g/mol. The van der Waals surface area contributed by atoms with E-state index in [9.17, 15) is 4.79 Å². The smallest absolute Gasteiger partial charge is 0.240 e. The number of likely N-dealkylation sites (N-methyl/N-ethyl adjacent to an activating group) is 1. The standard InChI is InChI=1S/C14H26N2O/c1-9(2)12-7-6-10(3)8-14(12)15-11(4)13(17)16(14)5/h9-12,15H,6-8H2,1-5H3. The van der Waals surface area contributed by atoms with Crippen LogP contribution in [0.3, 0.4) is 0 Å². The van der Waals surface area contributed by atoms with Gasteiger partial charge in [-0.05, 0) is 37.5 Å². The molecule has 1 saturated carbocycles. The molecule has 4 unspecified atom stereocenters. The van der Waals surface area contributed by atoms with Gasteiger partial charge in [0.1, 0.15) is 0 Å². The molecule has 98 valence electrons. The minimum absolute atomic E-state index is 0.0217. The summed E-state index contributed by atoms with van der Waals surface area (Å²) >= 11 is 0. The van der Waals surface area contributed by atoms with Gasteiger partial charge in [0.05, 0.1) is 11.7 Å². The molecule has 1 aliphatic heterocycles. The van der Waals surface area contributed by atoms with Crippen LogP contribution in [0, 0.1) is 17.8 Å². The van der Waals surface area contributed by atoms with Crippen LogP contribution in [0.5, 0.6) is 0 Å². The second-order valence-corrected chi connectivity index (χ2v) is 6.42. The summed E-state index contributed by atoms with van der Waals surface area (Å²) in [7, 11) is 1.98. The van der Waals surface area contributed by atoms with Crippen molar-refractivity contribution in [3.63, 3.8) is 0 Å². The van der Waals surface area contributed by atoms with Crippen molar-refractivity contribution >= 4 is 5.91 Å². The van der Waals surface area contributed by atoms with E-state index in [0.717, 1.165) is 6.42 Å². The van der Waals surface area contributed by atoms with Crippen molar-refractivity contribution in [3.8, 4) is 0 Å².